The fourth-order valence-corrected chi connectivity index (χ4v) is 4.78. The highest BCUT2D eigenvalue weighted by atomic mass is 32.2. The Balaban J connectivity index is 1.72. The van der Waals surface area contributed by atoms with Crippen molar-refractivity contribution >= 4 is 34.6 Å². The van der Waals surface area contributed by atoms with Crippen LogP contribution >= 0.6 is 11.8 Å². The van der Waals surface area contributed by atoms with Crippen LogP contribution in [-0.4, -0.2) is 23.7 Å². The number of hydrogen-bond donors (Lipinski definition) is 0. The number of carbonyl (C=O) groups is 1. The van der Waals surface area contributed by atoms with Crippen molar-refractivity contribution in [2.75, 3.05) is 11.5 Å². The lowest BCUT2D eigenvalue weighted by molar-refractivity contribution is -0.113. The van der Waals surface area contributed by atoms with Crippen LogP contribution in [0.25, 0.3) is 6.08 Å². The van der Waals surface area contributed by atoms with E-state index in [-0.39, 0.29) is 11.9 Å². The van der Waals surface area contributed by atoms with Gasteiger partial charge in [-0.25, -0.2) is 0 Å². The first-order valence-corrected chi connectivity index (χ1v) is 10.9. The maximum atomic E-state index is 13.4. The Bertz CT molecular complexity index is 1020. The van der Waals surface area contributed by atoms with Crippen molar-refractivity contribution in [3.8, 4) is 5.75 Å². The fraction of sp³-hybridized carbons (Fsp3) is 0.333. The summed E-state index contributed by atoms with van der Waals surface area (Å²) >= 11 is 1.45. The van der Waals surface area contributed by atoms with E-state index in [1.54, 1.807) is 4.90 Å². The molecule has 0 atom stereocenters. The Morgan fingerprint density at radius 1 is 1.17 bits per heavy atom. The van der Waals surface area contributed by atoms with E-state index in [9.17, 15) is 4.79 Å². The van der Waals surface area contributed by atoms with Gasteiger partial charge in [-0.2, -0.15) is 0 Å². The number of carbonyl (C=O) groups excluding carboxylic acids is 1. The number of aliphatic imine (C=N–C) groups is 1. The zero-order valence-corrected chi connectivity index (χ0v) is 18.2. The van der Waals surface area contributed by atoms with E-state index in [1.165, 1.54) is 22.9 Å². The van der Waals surface area contributed by atoms with Crippen LogP contribution in [0.15, 0.2) is 46.3 Å². The number of benzene rings is 2. The Morgan fingerprint density at radius 2 is 2.00 bits per heavy atom. The monoisotopic (exact) mass is 406 g/mol. The van der Waals surface area contributed by atoms with E-state index >= 15 is 0 Å². The molecule has 0 aromatic heterocycles. The third kappa shape index (κ3) is 4.10. The highest BCUT2D eigenvalue weighted by Gasteiger charge is 2.35. The SMILES string of the molecule is Cc1ccc(N2C(=O)/C(=C/c3ccc4c(c3)CCCO4)S/C2=N\C(C)C)c(C)c1. The second-order valence-electron chi connectivity index (χ2n) is 7.87. The Labute approximate surface area is 176 Å². The summed E-state index contributed by atoms with van der Waals surface area (Å²) in [6.45, 7) is 8.94. The largest absolute Gasteiger partial charge is 0.493 e. The van der Waals surface area contributed by atoms with Crippen LogP contribution in [0.4, 0.5) is 5.69 Å². The number of aryl methyl sites for hydroxylation is 3. The molecule has 1 amide bonds. The maximum absolute atomic E-state index is 13.4. The number of hydrogen-bond acceptors (Lipinski definition) is 4. The Morgan fingerprint density at radius 3 is 2.76 bits per heavy atom. The van der Waals surface area contributed by atoms with E-state index < -0.39 is 0 Å². The third-order valence-electron chi connectivity index (χ3n) is 5.00. The third-order valence-corrected chi connectivity index (χ3v) is 5.98. The van der Waals surface area contributed by atoms with Gasteiger partial charge in [0.1, 0.15) is 5.75 Å². The lowest BCUT2D eigenvalue weighted by Crippen LogP contribution is -2.30. The van der Waals surface area contributed by atoms with Crippen molar-refractivity contribution in [3.63, 3.8) is 0 Å². The zero-order chi connectivity index (χ0) is 20.5. The van der Waals surface area contributed by atoms with Crippen LogP contribution in [-0.2, 0) is 11.2 Å². The van der Waals surface area contributed by atoms with Gasteiger partial charge >= 0.3 is 0 Å². The van der Waals surface area contributed by atoms with Gasteiger partial charge in [0.15, 0.2) is 5.17 Å². The summed E-state index contributed by atoms with van der Waals surface area (Å²) < 4.78 is 5.71. The Kier molecular flexibility index (Phi) is 5.50. The summed E-state index contributed by atoms with van der Waals surface area (Å²) in [6.07, 6.45) is 4.02. The van der Waals surface area contributed by atoms with E-state index in [0.29, 0.717) is 4.91 Å². The van der Waals surface area contributed by atoms with E-state index in [0.717, 1.165) is 47.2 Å². The lowest BCUT2D eigenvalue weighted by atomic mass is 10.0. The standard InChI is InChI=1S/C24H26N2O2S/c1-15(2)25-24-26(20-9-7-16(3)12-17(20)4)23(27)22(29-24)14-18-8-10-21-19(13-18)6-5-11-28-21/h7-10,12-15H,5-6,11H2,1-4H3/b22-14-,25-24-. The molecule has 150 valence electrons. The number of nitrogens with zero attached hydrogens (tertiary/aromatic N) is 2. The molecule has 5 heteroatoms. The van der Waals surface area contributed by atoms with Crippen LogP contribution in [0.2, 0.25) is 0 Å². The number of ether oxygens (including phenoxy) is 1. The van der Waals surface area contributed by atoms with Crippen LogP contribution in [0, 0.1) is 13.8 Å². The van der Waals surface area contributed by atoms with E-state index in [1.807, 2.05) is 51.1 Å². The molecule has 0 unspecified atom stereocenters. The van der Waals surface area contributed by atoms with E-state index in [4.69, 9.17) is 9.73 Å². The smallest absolute Gasteiger partial charge is 0.271 e. The summed E-state index contributed by atoms with van der Waals surface area (Å²) in [6, 6.07) is 12.4. The van der Waals surface area contributed by atoms with Gasteiger partial charge in [0.25, 0.3) is 5.91 Å². The first-order valence-electron chi connectivity index (χ1n) is 10.1. The summed E-state index contributed by atoms with van der Waals surface area (Å²) in [5.41, 5.74) is 5.39. The van der Waals surface area contributed by atoms with Gasteiger partial charge in [0.05, 0.1) is 17.2 Å². The molecular weight excluding hydrogens is 380 g/mol. The predicted octanol–water partition coefficient (Wildman–Crippen LogP) is 5.51. The number of amides is 1. The van der Waals surface area contributed by atoms with Gasteiger partial charge in [-0.15, -0.1) is 0 Å². The highest BCUT2D eigenvalue weighted by molar-refractivity contribution is 8.19. The van der Waals surface area contributed by atoms with Crippen molar-refractivity contribution < 1.29 is 9.53 Å². The number of anilines is 1. The normalized spacial score (nSPS) is 19.2. The van der Waals surface area contributed by atoms with Crippen molar-refractivity contribution in [1.29, 1.82) is 0 Å². The molecule has 0 N–H and O–H groups in total. The first-order chi connectivity index (χ1) is 13.9. The van der Waals surface area contributed by atoms with Crippen LogP contribution in [0.1, 0.15) is 42.5 Å². The minimum Gasteiger partial charge on any atom is -0.493 e. The van der Waals surface area contributed by atoms with Crippen molar-refractivity contribution in [2.24, 2.45) is 4.99 Å². The molecule has 2 aromatic carbocycles. The molecule has 0 bridgehead atoms. The fourth-order valence-electron chi connectivity index (χ4n) is 3.67. The van der Waals surface area contributed by atoms with E-state index in [2.05, 4.69) is 19.1 Å². The van der Waals surface area contributed by atoms with Crippen LogP contribution in [0.3, 0.4) is 0 Å². The average molecular weight is 407 g/mol. The second kappa shape index (κ2) is 8.07. The van der Waals surface area contributed by atoms with Gasteiger partial charge < -0.3 is 4.74 Å². The molecule has 2 aliphatic rings. The zero-order valence-electron chi connectivity index (χ0n) is 17.4. The predicted molar refractivity (Wildman–Crippen MR) is 122 cm³/mol. The second-order valence-corrected chi connectivity index (χ2v) is 8.87. The molecule has 2 heterocycles. The summed E-state index contributed by atoms with van der Waals surface area (Å²) in [4.78, 5) is 20.5. The number of thioether (sulfide) groups is 1. The average Bonchev–Trinajstić information content (AvgIpc) is 2.96. The number of amidine groups is 1. The molecule has 1 saturated heterocycles. The van der Waals surface area contributed by atoms with Gasteiger partial charge in [0.2, 0.25) is 0 Å². The lowest BCUT2D eigenvalue weighted by Gasteiger charge is -2.19. The first kappa shape index (κ1) is 19.8. The number of rotatable bonds is 3. The van der Waals surface area contributed by atoms with Crippen LogP contribution < -0.4 is 9.64 Å². The molecule has 2 aliphatic heterocycles. The van der Waals surface area contributed by atoms with Gasteiger partial charge in [-0.05, 0) is 93.3 Å². The summed E-state index contributed by atoms with van der Waals surface area (Å²) in [7, 11) is 0. The molecule has 4 rings (SSSR count). The quantitative estimate of drug-likeness (QED) is 0.631. The minimum absolute atomic E-state index is 0.0182. The molecule has 1 fully saturated rings. The molecule has 0 aliphatic carbocycles. The topological polar surface area (TPSA) is 41.9 Å². The highest BCUT2D eigenvalue weighted by Crippen LogP contribution is 2.38. The Hall–Kier alpha value is -2.53. The van der Waals surface area contributed by atoms with Crippen molar-refractivity contribution in [2.45, 2.75) is 46.6 Å². The maximum Gasteiger partial charge on any atom is 0.271 e. The molecule has 0 radical (unpaired) electrons. The summed E-state index contributed by atoms with van der Waals surface area (Å²) in [5, 5.41) is 0.740. The molecule has 2 aromatic rings. The molecule has 29 heavy (non-hydrogen) atoms. The van der Waals surface area contributed by atoms with Crippen molar-refractivity contribution in [1.82, 2.24) is 0 Å². The molecular formula is C24H26N2O2S. The van der Waals surface area contributed by atoms with Gasteiger partial charge in [-0.3, -0.25) is 14.7 Å². The van der Waals surface area contributed by atoms with Crippen molar-refractivity contribution in [3.05, 3.63) is 63.6 Å². The van der Waals surface area contributed by atoms with Gasteiger partial charge in [-0.1, -0.05) is 23.8 Å². The van der Waals surface area contributed by atoms with Gasteiger partial charge in [0, 0.05) is 6.04 Å². The number of fused-ring (bicyclic) bond motifs is 1. The van der Waals surface area contributed by atoms with Crippen LogP contribution in [0.5, 0.6) is 5.75 Å². The molecule has 4 nitrogen and oxygen atoms in total. The minimum atomic E-state index is -0.0182. The molecule has 0 saturated carbocycles. The molecule has 0 spiro atoms. The summed E-state index contributed by atoms with van der Waals surface area (Å²) in [5.74, 6) is 0.943.